The van der Waals surface area contributed by atoms with Gasteiger partial charge in [0.15, 0.2) is 0 Å². The summed E-state index contributed by atoms with van der Waals surface area (Å²) < 4.78 is 0. The van der Waals surface area contributed by atoms with E-state index in [0.717, 1.165) is 16.8 Å². The molecule has 0 saturated carbocycles. The minimum atomic E-state index is 0.369. The van der Waals surface area contributed by atoms with E-state index in [1.807, 2.05) is 12.1 Å². The van der Waals surface area contributed by atoms with Crippen LogP contribution < -0.4 is 0 Å². The predicted molar refractivity (Wildman–Crippen MR) is 51.1 cm³/mol. The first-order valence-corrected chi connectivity index (χ1v) is 4.21. The zero-order valence-electron chi connectivity index (χ0n) is 7.44. The van der Waals surface area contributed by atoms with Crippen molar-refractivity contribution in [3.05, 3.63) is 36.3 Å². The van der Waals surface area contributed by atoms with E-state index < -0.39 is 0 Å². The van der Waals surface area contributed by atoms with Crippen molar-refractivity contribution < 1.29 is 0 Å². The number of nitrogens with one attached hydrogen (secondary N) is 1. The van der Waals surface area contributed by atoms with E-state index in [-0.39, 0.29) is 0 Å². The van der Waals surface area contributed by atoms with Crippen molar-refractivity contribution >= 4 is 0 Å². The van der Waals surface area contributed by atoms with Gasteiger partial charge in [-0.2, -0.15) is 10.4 Å². The van der Waals surface area contributed by atoms with Crippen molar-refractivity contribution in [3.8, 4) is 17.3 Å². The highest BCUT2D eigenvalue weighted by atomic mass is 15.1. The fourth-order valence-electron chi connectivity index (χ4n) is 1.30. The number of aromatic amines is 1. The van der Waals surface area contributed by atoms with E-state index in [2.05, 4.69) is 21.3 Å². The third-order valence-corrected chi connectivity index (χ3v) is 1.96. The molecule has 2 aromatic heterocycles. The number of hydrogen-bond donors (Lipinski definition) is 1. The SMILES string of the molecule is N#CCc1cn[nH]c1-c1ccncc1. The Morgan fingerprint density at radius 3 is 2.86 bits per heavy atom. The fourth-order valence-corrected chi connectivity index (χ4v) is 1.30. The first kappa shape index (κ1) is 8.45. The van der Waals surface area contributed by atoms with E-state index in [1.54, 1.807) is 18.6 Å². The van der Waals surface area contributed by atoms with Gasteiger partial charge in [-0.25, -0.2) is 0 Å². The summed E-state index contributed by atoms with van der Waals surface area (Å²) in [5.74, 6) is 0. The van der Waals surface area contributed by atoms with E-state index >= 15 is 0 Å². The van der Waals surface area contributed by atoms with E-state index in [9.17, 15) is 0 Å². The molecule has 0 radical (unpaired) electrons. The van der Waals surface area contributed by atoms with E-state index in [1.165, 1.54) is 0 Å². The third kappa shape index (κ3) is 1.48. The molecule has 4 heteroatoms. The molecular formula is C10H8N4. The summed E-state index contributed by atoms with van der Waals surface area (Å²) in [6.07, 6.45) is 5.48. The number of pyridine rings is 1. The van der Waals surface area contributed by atoms with Gasteiger partial charge in [0.25, 0.3) is 0 Å². The summed E-state index contributed by atoms with van der Waals surface area (Å²) in [5, 5.41) is 15.4. The second kappa shape index (κ2) is 3.71. The Kier molecular flexibility index (Phi) is 2.24. The van der Waals surface area contributed by atoms with Gasteiger partial charge in [-0.3, -0.25) is 10.1 Å². The molecule has 0 saturated heterocycles. The minimum absolute atomic E-state index is 0.369. The number of hydrogen-bond acceptors (Lipinski definition) is 3. The van der Waals surface area contributed by atoms with Crippen LogP contribution in [0.25, 0.3) is 11.3 Å². The monoisotopic (exact) mass is 184 g/mol. The normalized spacial score (nSPS) is 9.64. The Labute approximate surface area is 81.2 Å². The summed E-state index contributed by atoms with van der Waals surface area (Å²) in [7, 11) is 0. The van der Waals surface area contributed by atoms with Gasteiger partial charge in [0.2, 0.25) is 0 Å². The molecule has 0 aliphatic heterocycles. The number of aromatic nitrogens is 3. The van der Waals surface area contributed by atoms with Crippen molar-refractivity contribution in [1.29, 1.82) is 5.26 Å². The maximum absolute atomic E-state index is 8.61. The van der Waals surface area contributed by atoms with Gasteiger partial charge in [-0.15, -0.1) is 0 Å². The van der Waals surface area contributed by atoms with Crippen molar-refractivity contribution in [2.24, 2.45) is 0 Å². The van der Waals surface area contributed by atoms with Crippen LogP contribution in [0.15, 0.2) is 30.7 Å². The molecule has 0 aliphatic rings. The Bertz CT molecular complexity index is 452. The molecular weight excluding hydrogens is 176 g/mol. The lowest BCUT2D eigenvalue weighted by atomic mass is 10.1. The lowest BCUT2D eigenvalue weighted by Crippen LogP contribution is -1.85. The molecule has 4 nitrogen and oxygen atoms in total. The molecule has 0 spiro atoms. The topological polar surface area (TPSA) is 65.4 Å². The van der Waals surface area contributed by atoms with Gasteiger partial charge in [0, 0.05) is 23.5 Å². The van der Waals surface area contributed by atoms with Crippen LogP contribution in [-0.2, 0) is 6.42 Å². The number of nitrogens with zero attached hydrogens (tertiary/aromatic N) is 3. The predicted octanol–water partition coefficient (Wildman–Crippen LogP) is 1.54. The van der Waals surface area contributed by atoms with Gasteiger partial charge in [-0.05, 0) is 12.1 Å². The Morgan fingerprint density at radius 2 is 2.14 bits per heavy atom. The van der Waals surface area contributed by atoms with E-state index in [4.69, 9.17) is 5.26 Å². The third-order valence-electron chi connectivity index (χ3n) is 1.96. The molecule has 0 bridgehead atoms. The molecule has 0 amide bonds. The molecule has 0 aromatic carbocycles. The van der Waals surface area contributed by atoms with Crippen molar-refractivity contribution in [2.75, 3.05) is 0 Å². The fraction of sp³-hybridized carbons (Fsp3) is 0.100. The van der Waals surface area contributed by atoms with Crippen LogP contribution in [0.1, 0.15) is 5.56 Å². The number of nitriles is 1. The van der Waals surface area contributed by atoms with Gasteiger partial charge in [0.1, 0.15) is 0 Å². The smallest absolute Gasteiger partial charge is 0.0693 e. The van der Waals surface area contributed by atoms with Crippen molar-refractivity contribution in [3.63, 3.8) is 0 Å². The highest BCUT2D eigenvalue weighted by Crippen LogP contribution is 2.19. The maximum atomic E-state index is 8.61. The van der Waals surface area contributed by atoms with Crippen LogP contribution in [-0.4, -0.2) is 15.2 Å². The standard InChI is InChI=1S/C10H8N4/c11-4-1-9-7-13-14-10(9)8-2-5-12-6-3-8/h2-3,5-7H,1H2,(H,13,14). The first-order valence-electron chi connectivity index (χ1n) is 4.21. The Hall–Kier alpha value is -2.15. The van der Waals surface area contributed by atoms with Crippen LogP contribution in [0.3, 0.4) is 0 Å². The second-order valence-electron chi connectivity index (χ2n) is 2.84. The maximum Gasteiger partial charge on any atom is 0.0693 e. The number of rotatable bonds is 2. The van der Waals surface area contributed by atoms with Crippen LogP contribution in [0.4, 0.5) is 0 Å². The molecule has 2 heterocycles. The summed E-state index contributed by atoms with van der Waals surface area (Å²) in [6, 6.07) is 5.87. The van der Waals surface area contributed by atoms with Gasteiger partial charge >= 0.3 is 0 Å². The van der Waals surface area contributed by atoms with E-state index in [0.29, 0.717) is 6.42 Å². The molecule has 2 rings (SSSR count). The molecule has 2 aromatic rings. The largest absolute Gasteiger partial charge is 0.278 e. The molecule has 0 atom stereocenters. The van der Waals surface area contributed by atoms with Crippen molar-refractivity contribution in [1.82, 2.24) is 15.2 Å². The first-order chi connectivity index (χ1) is 6.92. The molecule has 0 aliphatic carbocycles. The van der Waals surface area contributed by atoms with Crippen LogP contribution in [0.2, 0.25) is 0 Å². The summed E-state index contributed by atoms with van der Waals surface area (Å²) in [5.41, 5.74) is 2.82. The van der Waals surface area contributed by atoms with Crippen LogP contribution in [0.5, 0.6) is 0 Å². The quantitative estimate of drug-likeness (QED) is 0.769. The van der Waals surface area contributed by atoms with Crippen LogP contribution >= 0.6 is 0 Å². The highest BCUT2D eigenvalue weighted by molar-refractivity contribution is 5.62. The summed E-state index contributed by atoms with van der Waals surface area (Å²) in [4.78, 5) is 3.93. The average Bonchev–Trinajstić information content (AvgIpc) is 2.68. The number of H-pyrrole nitrogens is 1. The molecule has 0 fully saturated rings. The lowest BCUT2D eigenvalue weighted by Gasteiger charge is -1.98. The van der Waals surface area contributed by atoms with Crippen molar-refractivity contribution in [2.45, 2.75) is 6.42 Å². The summed E-state index contributed by atoms with van der Waals surface area (Å²) >= 11 is 0. The van der Waals surface area contributed by atoms with Gasteiger partial charge < -0.3 is 0 Å². The Balaban J connectivity index is 2.43. The zero-order chi connectivity index (χ0) is 9.80. The molecule has 68 valence electrons. The molecule has 1 N–H and O–H groups in total. The second-order valence-corrected chi connectivity index (χ2v) is 2.84. The molecule has 14 heavy (non-hydrogen) atoms. The van der Waals surface area contributed by atoms with Gasteiger partial charge in [0.05, 0.1) is 24.4 Å². The Morgan fingerprint density at radius 1 is 1.36 bits per heavy atom. The highest BCUT2D eigenvalue weighted by Gasteiger charge is 2.05. The molecule has 0 unspecified atom stereocenters. The summed E-state index contributed by atoms with van der Waals surface area (Å²) in [6.45, 7) is 0. The zero-order valence-corrected chi connectivity index (χ0v) is 7.44. The lowest BCUT2D eigenvalue weighted by molar-refractivity contribution is 1.09. The average molecular weight is 184 g/mol. The van der Waals surface area contributed by atoms with Gasteiger partial charge in [-0.1, -0.05) is 0 Å². The van der Waals surface area contributed by atoms with Crippen LogP contribution in [0, 0.1) is 11.3 Å². The minimum Gasteiger partial charge on any atom is -0.278 e.